The van der Waals surface area contributed by atoms with Crippen LogP contribution >= 0.6 is 27.5 Å². The Labute approximate surface area is 92.0 Å². The zero-order valence-corrected chi connectivity index (χ0v) is 10.0. The number of hydrogen-bond acceptors (Lipinski definition) is 2. The first-order chi connectivity index (χ1) is 6.16. The van der Waals surface area contributed by atoms with E-state index in [2.05, 4.69) is 32.7 Å². The van der Waals surface area contributed by atoms with E-state index in [1.807, 2.05) is 19.2 Å². The number of aromatic nitrogens is 1. The zero-order chi connectivity index (χ0) is 9.84. The highest BCUT2D eigenvalue weighted by atomic mass is 79.9. The first-order valence-corrected chi connectivity index (χ1v) is 5.56. The summed E-state index contributed by atoms with van der Waals surface area (Å²) >= 11 is 9.43. The van der Waals surface area contributed by atoms with E-state index in [0.717, 1.165) is 11.1 Å². The maximum absolute atomic E-state index is 6.00. The predicted octanol–water partition coefficient (Wildman–Crippen LogP) is 2.95. The Balaban J connectivity index is 2.88. The van der Waals surface area contributed by atoms with Gasteiger partial charge in [0.05, 0.1) is 5.02 Å². The number of alkyl halides is 1. The highest BCUT2D eigenvalue weighted by molar-refractivity contribution is 9.09. The van der Waals surface area contributed by atoms with Crippen LogP contribution in [0.2, 0.25) is 5.02 Å². The molecule has 0 aliphatic heterocycles. The van der Waals surface area contributed by atoms with Crippen LogP contribution in [0.15, 0.2) is 18.3 Å². The van der Waals surface area contributed by atoms with Crippen LogP contribution in [0, 0.1) is 0 Å². The van der Waals surface area contributed by atoms with Crippen LogP contribution in [0.3, 0.4) is 0 Å². The maximum atomic E-state index is 6.00. The average molecular weight is 264 g/mol. The average Bonchev–Trinajstić information content (AvgIpc) is 2.16. The first kappa shape index (κ1) is 10.8. The molecule has 0 radical (unpaired) electrons. The lowest BCUT2D eigenvalue weighted by molar-refractivity contribution is 0.757. The van der Waals surface area contributed by atoms with Gasteiger partial charge in [0.15, 0.2) is 0 Å². The Morgan fingerprint density at radius 1 is 1.69 bits per heavy atom. The predicted molar refractivity (Wildman–Crippen MR) is 60.9 cm³/mol. The summed E-state index contributed by atoms with van der Waals surface area (Å²) in [7, 11) is 1.99. The van der Waals surface area contributed by atoms with E-state index in [0.29, 0.717) is 11.1 Å². The van der Waals surface area contributed by atoms with Crippen LogP contribution in [0.4, 0.5) is 5.82 Å². The molecule has 1 aromatic heterocycles. The molecule has 72 valence electrons. The SMILES string of the molecule is CC(CBr)N(C)c1ncccc1Cl. The molecule has 0 amide bonds. The Morgan fingerprint density at radius 3 is 2.92 bits per heavy atom. The molecule has 1 rings (SSSR count). The minimum Gasteiger partial charge on any atom is -0.355 e. The van der Waals surface area contributed by atoms with Crippen molar-refractivity contribution in [1.82, 2.24) is 4.98 Å². The summed E-state index contributed by atoms with van der Waals surface area (Å²) in [5.41, 5.74) is 0. The monoisotopic (exact) mass is 262 g/mol. The summed E-state index contributed by atoms with van der Waals surface area (Å²) in [6.07, 6.45) is 1.75. The molecule has 2 nitrogen and oxygen atoms in total. The van der Waals surface area contributed by atoms with Crippen molar-refractivity contribution in [1.29, 1.82) is 0 Å². The van der Waals surface area contributed by atoms with E-state index in [1.54, 1.807) is 6.20 Å². The highest BCUT2D eigenvalue weighted by Gasteiger charge is 2.11. The first-order valence-electron chi connectivity index (χ1n) is 4.06. The van der Waals surface area contributed by atoms with E-state index in [1.165, 1.54) is 0 Å². The summed E-state index contributed by atoms with van der Waals surface area (Å²) in [6, 6.07) is 4.06. The van der Waals surface area contributed by atoms with Gasteiger partial charge in [-0.15, -0.1) is 0 Å². The van der Waals surface area contributed by atoms with Crippen LogP contribution in [-0.4, -0.2) is 23.4 Å². The fourth-order valence-electron chi connectivity index (χ4n) is 0.949. The van der Waals surface area contributed by atoms with E-state index in [9.17, 15) is 0 Å². The fraction of sp³-hybridized carbons (Fsp3) is 0.444. The molecule has 13 heavy (non-hydrogen) atoms. The number of rotatable bonds is 3. The number of hydrogen-bond donors (Lipinski definition) is 0. The second-order valence-corrected chi connectivity index (χ2v) is 3.98. The Morgan fingerprint density at radius 2 is 2.38 bits per heavy atom. The Hall–Kier alpha value is -0.280. The van der Waals surface area contributed by atoms with Gasteiger partial charge in [0, 0.05) is 24.6 Å². The number of anilines is 1. The van der Waals surface area contributed by atoms with Gasteiger partial charge in [-0.05, 0) is 19.1 Å². The van der Waals surface area contributed by atoms with E-state index in [-0.39, 0.29) is 0 Å². The molecule has 1 aromatic rings. The summed E-state index contributed by atoms with van der Waals surface area (Å²) < 4.78 is 0. The van der Waals surface area contributed by atoms with Crippen molar-refractivity contribution in [3.05, 3.63) is 23.4 Å². The van der Waals surface area contributed by atoms with Gasteiger partial charge in [-0.1, -0.05) is 27.5 Å². The van der Waals surface area contributed by atoms with Gasteiger partial charge in [-0.3, -0.25) is 0 Å². The topological polar surface area (TPSA) is 16.1 Å². The van der Waals surface area contributed by atoms with Crippen LogP contribution in [0.1, 0.15) is 6.92 Å². The molecule has 0 fully saturated rings. The van der Waals surface area contributed by atoms with Crippen LogP contribution in [-0.2, 0) is 0 Å². The molecule has 0 saturated carbocycles. The maximum Gasteiger partial charge on any atom is 0.147 e. The molecule has 1 atom stereocenters. The Bertz CT molecular complexity index is 280. The summed E-state index contributed by atoms with van der Waals surface area (Å²) in [5, 5.41) is 1.59. The minimum atomic E-state index is 0.382. The minimum absolute atomic E-state index is 0.382. The molecule has 4 heteroatoms. The Kier molecular flexibility index (Phi) is 4.00. The quantitative estimate of drug-likeness (QED) is 0.780. The van der Waals surface area contributed by atoms with Crippen molar-refractivity contribution in [2.45, 2.75) is 13.0 Å². The van der Waals surface area contributed by atoms with E-state index >= 15 is 0 Å². The van der Waals surface area contributed by atoms with Gasteiger partial charge in [0.25, 0.3) is 0 Å². The highest BCUT2D eigenvalue weighted by Crippen LogP contribution is 2.22. The largest absolute Gasteiger partial charge is 0.355 e. The molecule has 0 aliphatic rings. The van der Waals surface area contributed by atoms with Crippen molar-refractivity contribution in [3.63, 3.8) is 0 Å². The molecule has 0 bridgehead atoms. The van der Waals surface area contributed by atoms with E-state index < -0.39 is 0 Å². The number of pyridine rings is 1. The van der Waals surface area contributed by atoms with Crippen molar-refractivity contribution < 1.29 is 0 Å². The van der Waals surface area contributed by atoms with Crippen molar-refractivity contribution >= 4 is 33.3 Å². The third kappa shape index (κ3) is 2.58. The fourth-order valence-corrected chi connectivity index (χ4v) is 1.64. The molecule has 0 aliphatic carbocycles. The van der Waals surface area contributed by atoms with Crippen molar-refractivity contribution in [2.24, 2.45) is 0 Å². The molecule has 1 unspecified atom stereocenters. The van der Waals surface area contributed by atoms with E-state index in [4.69, 9.17) is 11.6 Å². The smallest absolute Gasteiger partial charge is 0.147 e. The second kappa shape index (κ2) is 4.82. The lowest BCUT2D eigenvalue weighted by Gasteiger charge is -2.24. The van der Waals surface area contributed by atoms with Crippen molar-refractivity contribution in [2.75, 3.05) is 17.3 Å². The van der Waals surface area contributed by atoms with Gasteiger partial charge < -0.3 is 4.90 Å². The van der Waals surface area contributed by atoms with Gasteiger partial charge in [-0.25, -0.2) is 4.98 Å². The summed E-state index contributed by atoms with van der Waals surface area (Å²) in [4.78, 5) is 6.27. The number of nitrogens with zero attached hydrogens (tertiary/aromatic N) is 2. The third-order valence-electron chi connectivity index (χ3n) is 1.96. The summed E-state index contributed by atoms with van der Waals surface area (Å²) in [5.74, 6) is 0.830. The second-order valence-electron chi connectivity index (χ2n) is 2.92. The zero-order valence-electron chi connectivity index (χ0n) is 7.67. The molecule has 0 N–H and O–H groups in total. The lowest BCUT2D eigenvalue weighted by atomic mass is 10.3. The summed E-state index contributed by atoms with van der Waals surface area (Å²) in [6.45, 7) is 2.11. The van der Waals surface area contributed by atoms with Crippen LogP contribution in [0.25, 0.3) is 0 Å². The van der Waals surface area contributed by atoms with Gasteiger partial charge in [0.2, 0.25) is 0 Å². The molecule has 1 heterocycles. The standard InChI is InChI=1S/C9H12BrClN2/c1-7(6-10)13(2)9-8(11)4-3-5-12-9/h3-5,7H,6H2,1-2H3. The molecule has 0 aromatic carbocycles. The third-order valence-corrected chi connectivity index (χ3v) is 3.19. The molecule has 0 saturated heterocycles. The van der Waals surface area contributed by atoms with Crippen molar-refractivity contribution in [3.8, 4) is 0 Å². The van der Waals surface area contributed by atoms with Gasteiger partial charge >= 0.3 is 0 Å². The number of halogens is 2. The van der Waals surface area contributed by atoms with Gasteiger partial charge in [-0.2, -0.15) is 0 Å². The normalized spacial score (nSPS) is 12.6. The molecular weight excluding hydrogens is 251 g/mol. The molecule has 0 spiro atoms. The van der Waals surface area contributed by atoms with Gasteiger partial charge in [0.1, 0.15) is 5.82 Å². The van der Waals surface area contributed by atoms with Crippen LogP contribution in [0.5, 0.6) is 0 Å². The lowest BCUT2D eigenvalue weighted by Crippen LogP contribution is -2.30. The van der Waals surface area contributed by atoms with Crippen LogP contribution < -0.4 is 4.90 Å². The molecular formula is C9H12BrClN2.